The van der Waals surface area contributed by atoms with E-state index in [1.165, 1.54) is 6.07 Å². The molecule has 130 valence electrons. The van der Waals surface area contributed by atoms with Gasteiger partial charge in [-0.2, -0.15) is 5.10 Å². The van der Waals surface area contributed by atoms with Crippen LogP contribution >= 0.6 is 0 Å². The standard InChI is InChI=1S/C18H24FN3O2/c1-4-15(5-2)22-12(3)8-17(21-22)18(24)20-10-13-6-7-16(19)14(9-13)11-23/h6-9,15,23H,4-5,10-11H2,1-3H3,(H,20,24). The molecule has 0 spiro atoms. The Labute approximate surface area is 141 Å². The molecule has 6 heteroatoms. The highest BCUT2D eigenvalue weighted by Gasteiger charge is 2.16. The number of amides is 1. The Hall–Kier alpha value is -2.21. The van der Waals surface area contributed by atoms with Gasteiger partial charge in [0.25, 0.3) is 5.91 Å². The summed E-state index contributed by atoms with van der Waals surface area (Å²) in [5, 5.41) is 16.3. The van der Waals surface area contributed by atoms with Crippen molar-refractivity contribution in [3.8, 4) is 0 Å². The van der Waals surface area contributed by atoms with Gasteiger partial charge in [0.1, 0.15) is 11.5 Å². The molecule has 2 aromatic rings. The lowest BCUT2D eigenvalue weighted by atomic mass is 10.1. The molecular formula is C18H24FN3O2. The van der Waals surface area contributed by atoms with Crippen molar-refractivity contribution in [1.29, 1.82) is 0 Å². The number of rotatable bonds is 7. The van der Waals surface area contributed by atoms with Crippen LogP contribution in [-0.4, -0.2) is 20.8 Å². The van der Waals surface area contributed by atoms with Crippen LogP contribution in [0.3, 0.4) is 0 Å². The number of aliphatic hydroxyl groups is 1. The van der Waals surface area contributed by atoms with Gasteiger partial charge >= 0.3 is 0 Å². The highest BCUT2D eigenvalue weighted by molar-refractivity contribution is 5.92. The molecule has 0 saturated heterocycles. The van der Waals surface area contributed by atoms with Crippen molar-refractivity contribution >= 4 is 5.91 Å². The number of halogens is 1. The zero-order valence-corrected chi connectivity index (χ0v) is 14.3. The van der Waals surface area contributed by atoms with Gasteiger partial charge in [-0.25, -0.2) is 4.39 Å². The summed E-state index contributed by atoms with van der Waals surface area (Å²) in [6.07, 6.45) is 1.92. The van der Waals surface area contributed by atoms with E-state index in [4.69, 9.17) is 5.11 Å². The van der Waals surface area contributed by atoms with Crippen molar-refractivity contribution in [1.82, 2.24) is 15.1 Å². The van der Waals surface area contributed by atoms with Crippen LogP contribution in [0, 0.1) is 12.7 Å². The number of carbonyl (C=O) groups is 1. The van der Waals surface area contributed by atoms with Crippen LogP contribution in [-0.2, 0) is 13.2 Å². The first kappa shape index (κ1) is 18.1. The summed E-state index contributed by atoms with van der Waals surface area (Å²) in [5.74, 6) is -0.718. The summed E-state index contributed by atoms with van der Waals surface area (Å²) in [6, 6.07) is 6.49. The summed E-state index contributed by atoms with van der Waals surface area (Å²) in [5.41, 5.74) is 2.28. The van der Waals surface area contributed by atoms with Gasteiger partial charge in [0.15, 0.2) is 0 Å². The summed E-state index contributed by atoms with van der Waals surface area (Å²) < 4.78 is 15.3. The fraction of sp³-hybridized carbons (Fsp3) is 0.444. The summed E-state index contributed by atoms with van der Waals surface area (Å²) in [7, 11) is 0. The molecule has 0 aliphatic rings. The normalized spacial score (nSPS) is 11.1. The average molecular weight is 333 g/mol. The molecule has 0 bridgehead atoms. The number of aromatic nitrogens is 2. The van der Waals surface area contributed by atoms with E-state index in [9.17, 15) is 9.18 Å². The predicted molar refractivity (Wildman–Crippen MR) is 90.1 cm³/mol. The molecule has 24 heavy (non-hydrogen) atoms. The predicted octanol–water partition coefficient (Wildman–Crippen LogP) is 3.11. The lowest BCUT2D eigenvalue weighted by Crippen LogP contribution is -2.24. The Kier molecular flexibility index (Phi) is 6.09. The monoisotopic (exact) mass is 333 g/mol. The SMILES string of the molecule is CCC(CC)n1nc(C(=O)NCc2ccc(F)c(CO)c2)cc1C. The van der Waals surface area contributed by atoms with E-state index in [0.29, 0.717) is 5.69 Å². The van der Waals surface area contributed by atoms with Gasteiger partial charge < -0.3 is 10.4 Å². The Balaban J connectivity index is 2.06. The van der Waals surface area contributed by atoms with Crippen LogP contribution in [0.25, 0.3) is 0 Å². The third kappa shape index (κ3) is 4.00. The van der Waals surface area contributed by atoms with E-state index in [-0.39, 0.29) is 30.7 Å². The van der Waals surface area contributed by atoms with Crippen molar-refractivity contribution in [3.05, 3.63) is 52.6 Å². The van der Waals surface area contributed by atoms with Crippen LogP contribution in [0.5, 0.6) is 0 Å². The molecule has 1 aromatic carbocycles. The first-order valence-corrected chi connectivity index (χ1v) is 8.22. The molecule has 2 rings (SSSR count). The smallest absolute Gasteiger partial charge is 0.272 e. The number of hydrogen-bond donors (Lipinski definition) is 2. The van der Waals surface area contributed by atoms with Crippen molar-refractivity contribution < 1.29 is 14.3 Å². The van der Waals surface area contributed by atoms with Crippen molar-refractivity contribution in [2.45, 2.75) is 52.8 Å². The average Bonchev–Trinajstić information content (AvgIpc) is 2.97. The first-order valence-electron chi connectivity index (χ1n) is 8.22. The molecule has 0 fully saturated rings. The maximum atomic E-state index is 13.4. The minimum atomic E-state index is -0.452. The molecule has 0 aliphatic heterocycles. The van der Waals surface area contributed by atoms with Gasteiger partial charge in [-0.15, -0.1) is 0 Å². The number of nitrogens with zero attached hydrogens (tertiary/aromatic N) is 2. The summed E-state index contributed by atoms with van der Waals surface area (Å²) in [6.45, 7) is 6.02. The molecule has 0 unspecified atom stereocenters. The van der Waals surface area contributed by atoms with Gasteiger partial charge in [-0.3, -0.25) is 9.48 Å². The lowest BCUT2D eigenvalue weighted by Gasteiger charge is -2.14. The second-order valence-electron chi connectivity index (χ2n) is 5.85. The van der Waals surface area contributed by atoms with Crippen LogP contribution in [0.15, 0.2) is 24.3 Å². The largest absolute Gasteiger partial charge is 0.392 e. The quantitative estimate of drug-likeness (QED) is 0.818. The minimum Gasteiger partial charge on any atom is -0.392 e. The van der Waals surface area contributed by atoms with Gasteiger partial charge in [0, 0.05) is 17.8 Å². The second kappa shape index (κ2) is 8.06. The van der Waals surface area contributed by atoms with Gasteiger partial charge in [0.2, 0.25) is 0 Å². The lowest BCUT2D eigenvalue weighted by molar-refractivity contribution is 0.0944. The van der Waals surface area contributed by atoms with Crippen molar-refractivity contribution in [2.24, 2.45) is 0 Å². The van der Waals surface area contributed by atoms with Crippen LogP contribution < -0.4 is 5.32 Å². The number of hydrogen-bond acceptors (Lipinski definition) is 3. The van der Waals surface area contributed by atoms with Gasteiger partial charge in [-0.1, -0.05) is 19.9 Å². The Morgan fingerprint density at radius 3 is 2.67 bits per heavy atom. The molecule has 1 aromatic heterocycles. The van der Waals surface area contributed by atoms with Crippen molar-refractivity contribution in [3.63, 3.8) is 0 Å². The zero-order valence-electron chi connectivity index (χ0n) is 14.3. The second-order valence-corrected chi connectivity index (χ2v) is 5.85. The van der Waals surface area contributed by atoms with E-state index >= 15 is 0 Å². The molecule has 0 saturated carbocycles. The molecule has 5 nitrogen and oxygen atoms in total. The van der Waals surface area contributed by atoms with Crippen molar-refractivity contribution in [2.75, 3.05) is 0 Å². The maximum absolute atomic E-state index is 13.4. The van der Waals surface area contributed by atoms with Gasteiger partial charge in [-0.05, 0) is 43.5 Å². The van der Waals surface area contributed by atoms with Crippen LogP contribution in [0.1, 0.15) is 60.0 Å². The Bertz CT molecular complexity index is 708. The van der Waals surface area contributed by atoms with E-state index in [1.807, 2.05) is 11.6 Å². The van der Waals surface area contributed by atoms with E-state index < -0.39 is 5.82 Å². The zero-order chi connectivity index (χ0) is 17.7. The Morgan fingerprint density at radius 1 is 1.33 bits per heavy atom. The van der Waals surface area contributed by atoms with E-state index in [1.54, 1.807) is 18.2 Å². The number of benzene rings is 1. The van der Waals surface area contributed by atoms with Crippen LogP contribution in [0.2, 0.25) is 0 Å². The summed E-state index contributed by atoms with van der Waals surface area (Å²) in [4.78, 5) is 12.3. The minimum absolute atomic E-state index is 0.218. The number of aliphatic hydroxyl groups excluding tert-OH is 1. The molecule has 1 amide bonds. The Morgan fingerprint density at radius 2 is 2.04 bits per heavy atom. The fourth-order valence-corrected chi connectivity index (χ4v) is 2.74. The van der Waals surface area contributed by atoms with E-state index in [0.717, 1.165) is 24.1 Å². The molecule has 0 aliphatic carbocycles. The third-order valence-corrected chi connectivity index (χ3v) is 4.18. The molecule has 0 radical (unpaired) electrons. The number of aryl methyl sites for hydroxylation is 1. The highest BCUT2D eigenvalue weighted by Crippen LogP contribution is 2.18. The first-order chi connectivity index (χ1) is 11.5. The molecular weight excluding hydrogens is 309 g/mol. The highest BCUT2D eigenvalue weighted by atomic mass is 19.1. The molecule has 0 atom stereocenters. The maximum Gasteiger partial charge on any atom is 0.272 e. The van der Waals surface area contributed by atoms with Gasteiger partial charge in [0.05, 0.1) is 12.6 Å². The summed E-state index contributed by atoms with van der Waals surface area (Å²) >= 11 is 0. The molecule has 2 N–H and O–H groups in total. The topological polar surface area (TPSA) is 67.2 Å². The van der Waals surface area contributed by atoms with Crippen LogP contribution in [0.4, 0.5) is 4.39 Å². The van der Waals surface area contributed by atoms with E-state index in [2.05, 4.69) is 24.3 Å². The number of carbonyl (C=O) groups excluding carboxylic acids is 1. The fourth-order valence-electron chi connectivity index (χ4n) is 2.74. The third-order valence-electron chi connectivity index (χ3n) is 4.18. The molecule has 1 heterocycles. The number of nitrogens with one attached hydrogen (secondary N) is 1.